The second-order valence-corrected chi connectivity index (χ2v) is 7.04. The third kappa shape index (κ3) is 3.14. The fourth-order valence-corrected chi connectivity index (χ4v) is 4.01. The molecule has 0 radical (unpaired) electrons. The van der Waals surface area contributed by atoms with Crippen LogP contribution in [0.5, 0.6) is 5.75 Å². The summed E-state index contributed by atoms with van der Waals surface area (Å²) in [4.78, 5) is 37.7. The number of fused-ring (bicyclic) bond motifs is 1. The molecule has 0 unspecified atom stereocenters. The summed E-state index contributed by atoms with van der Waals surface area (Å²) in [6.45, 7) is 1.75. The number of amides is 1. The van der Waals surface area contributed by atoms with Crippen LogP contribution in [0, 0.1) is 6.92 Å². The molecule has 0 spiro atoms. The maximum Gasteiger partial charge on any atom is 0.266 e. The lowest BCUT2D eigenvalue weighted by Crippen LogP contribution is -2.13. The van der Waals surface area contributed by atoms with Crippen molar-refractivity contribution in [2.24, 2.45) is 0 Å². The van der Waals surface area contributed by atoms with Gasteiger partial charge in [-0.25, -0.2) is 4.98 Å². The minimum Gasteiger partial charge on any atom is -0.495 e. The second-order valence-electron chi connectivity index (χ2n) is 6.04. The predicted octanol–water partition coefficient (Wildman–Crippen LogP) is 3.62. The minimum atomic E-state index is -0.310. The summed E-state index contributed by atoms with van der Waals surface area (Å²) < 4.78 is 5.27. The molecule has 0 bridgehead atoms. The van der Waals surface area contributed by atoms with Crippen molar-refractivity contribution >= 4 is 33.1 Å². The Labute approximate surface area is 164 Å². The molecule has 3 heterocycles. The number of rotatable bonds is 4. The molecule has 0 saturated heterocycles. The number of nitrogens with zero attached hydrogens (tertiary/aromatic N) is 2. The Morgan fingerprint density at radius 1 is 1.18 bits per heavy atom. The smallest absolute Gasteiger partial charge is 0.266 e. The molecule has 4 rings (SSSR count). The predicted molar refractivity (Wildman–Crippen MR) is 109 cm³/mol. The molecule has 0 aliphatic carbocycles. The Morgan fingerprint density at radius 3 is 2.68 bits per heavy atom. The van der Waals surface area contributed by atoms with Crippen LogP contribution in [0.1, 0.15) is 15.2 Å². The highest BCUT2D eigenvalue weighted by Gasteiger charge is 2.20. The SMILES string of the molecule is COc1ccccc1NC(=O)c1sc2nc(-c3ccncc3)[nH]c(=O)c2c1C. The van der Waals surface area contributed by atoms with Crippen LogP contribution in [-0.4, -0.2) is 28.0 Å². The van der Waals surface area contributed by atoms with Crippen molar-refractivity contribution < 1.29 is 9.53 Å². The van der Waals surface area contributed by atoms with Crippen molar-refractivity contribution in [3.8, 4) is 17.1 Å². The van der Waals surface area contributed by atoms with E-state index in [1.165, 1.54) is 11.3 Å². The normalized spacial score (nSPS) is 10.8. The molecule has 140 valence electrons. The molecule has 0 aliphatic heterocycles. The van der Waals surface area contributed by atoms with Crippen LogP contribution in [0.2, 0.25) is 0 Å². The van der Waals surface area contributed by atoms with Gasteiger partial charge in [-0.05, 0) is 36.8 Å². The van der Waals surface area contributed by atoms with E-state index in [0.717, 1.165) is 5.56 Å². The van der Waals surface area contributed by atoms with Crippen LogP contribution in [0.25, 0.3) is 21.6 Å². The fraction of sp³-hybridized carbons (Fsp3) is 0.100. The van der Waals surface area contributed by atoms with E-state index in [1.807, 2.05) is 12.1 Å². The highest BCUT2D eigenvalue weighted by molar-refractivity contribution is 7.20. The van der Waals surface area contributed by atoms with Crippen LogP contribution in [0.15, 0.2) is 53.6 Å². The summed E-state index contributed by atoms with van der Waals surface area (Å²) in [6, 6.07) is 10.7. The largest absolute Gasteiger partial charge is 0.495 e. The highest BCUT2D eigenvalue weighted by atomic mass is 32.1. The molecular weight excluding hydrogens is 376 g/mol. The zero-order chi connectivity index (χ0) is 19.7. The van der Waals surface area contributed by atoms with Crippen LogP contribution in [0.4, 0.5) is 5.69 Å². The van der Waals surface area contributed by atoms with Gasteiger partial charge in [-0.3, -0.25) is 14.6 Å². The second kappa shape index (κ2) is 7.24. The lowest BCUT2D eigenvalue weighted by atomic mass is 10.2. The zero-order valence-electron chi connectivity index (χ0n) is 15.1. The third-order valence-corrected chi connectivity index (χ3v) is 5.50. The number of nitrogens with one attached hydrogen (secondary N) is 2. The topological polar surface area (TPSA) is 97.0 Å². The van der Waals surface area contributed by atoms with E-state index in [9.17, 15) is 9.59 Å². The standard InChI is InChI=1S/C20H16N4O3S/c1-11-15-18(25)23-17(12-7-9-21-10-8-12)24-20(15)28-16(11)19(26)22-13-5-3-4-6-14(13)27-2/h3-10H,1-2H3,(H,22,26)(H,23,24,25). The molecule has 28 heavy (non-hydrogen) atoms. The van der Waals surface area contributed by atoms with Gasteiger partial charge >= 0.3 is 0 Å². The number of H-pyrrole nitrogens is 1. The number of benzene rings is 1. The molecule has 8 heteroatoms. The number of thiophene rings is 1. The van der Waals surface area contributed by atoms with Gasteiger partial charge in [0.1, 0.15) is 16.4 Å². The number of pyridine rings is 1. The van der Waals surface area contributed by atoms with E-state index in [4.69, 9.17) is 4.74 Å². The monoisotopic (exact) mass is 392 g/mol. The van der Waals surface area contributed by atoms with Gasteiger partial charge in [-0.15, -0.1) is 11.3 Å². The number of carbonyl (C=O) groups excluding carboxylic acids is 1. The van der Waals surface area contributed by atoms with Gasteiger partial charge in [0.25, 0.3) is 11.5 Å². The van der Waals surface area contributed by atoms with Gasteiger partial charge in [0.2, 0.25) is 0 Å². The molecule has 7 nitrogen and oxygen atoms in total. The zero-order valence-corrected chi connectivity index (χ0v) is 16.0. The quantitative estimate of drug-likeness (QED) is 0.553. The number of ether oxygens (including phenoxy) is 1. The van der Waals surface area contributed by atoms with E-state index < -0.39 is 0 Å². The fourth-order valence-electron chi connectivity index (χ4n) is 2.93. The molecule has 4 aromatic rings. The molecule has 0 fully saturated rings. The lowest BCUT2D eigenvalue weighted by molar-refractivity contribution is 0.102. The van der Waals surface area contributed by atoms with Crippen LogP contribution in [-0.2, 0) is 0 Å². The van der Waals surface area contributed by atoms with E-state index in [-0.39, 0.29) is 11.5 Å². The van der Waals surface area contributed by atoms with Crippen molar-refractivity contribution in [2.45, 2.75) is 6.92 Å². The summed E-state index contributed by atoms with van der Waals surface area (Å²) >= 11 is 1.19. The third-order valence-electron chi connectivity index (χ3n) is 4.32. The number of anilines is 1. The first-order valence-corrected chi connectivity index (χ1v) is 9.28. The highest BCUT2D eigenvalue weighted by Crippen LogP contribution is 2.30. The van der Waals surface area contributed by atoms with Crippen LogP contribution < -0.4 is 15.6 Å². The maximum atomic E-state index is 12.8. The first kappa shape index (κ1) is 17.9. The summed E-state index contributed by atoms with van der Waals surface area (Å²) in [6.07, 6.45) is 3.26. The van der Waals surface area contributed by atoms with E-state index in [1.54, 1.807) is 50.7 Å². The average molecular weight is 392 g/mol. The van der Waals surface area contributed by atoms with Crippen molar-refractivity contribution in [1.82, 2.24) is 15.0 Å². The van der Waals surface area contributed by atoms with Gasteiger partial charge in [0, 0.05) is 18.0 Å². The van der Waals surface area contributed by atoms with Crippen molar-refractivity contribution in [3.05, 3.63) is 69.6 Å². The Balaban J connectivity index is 1.76. The summed E-state index contributed by atoms with van der Waals surface area (Å²) in [7, 11) is 1.54. The first-order valence-electron chi connectivity index (χ1n) is 8.46. The molecule has 0 aliphatic rings. The van der Waals surface area contributed by atoms with Gasteiger partial charge in [-0.2, -0.15) is 0 Å². The van der Waals surface area contributed by atoms with Crippen molar-refractivity contribution in [3.63, 3.8) is 0 Å². The van der Waals surface area contributed by atoms with Gasteiger partial charge in [-0.1, -0.05) is 12.1 Å². The van der Waals surface area contributed by atoms with Crippen LogP contribution in [0.3, 0.4) is 0 Å². The van der Waals surface area contributed by atoms with Gasteiger partial charge in [0.15, 0.2) is 0 Å². The summed E-state index contributed by atoms with van der Waals surface area (Å²) in [5, 5.41) is 3.27. The Morgan fingerprint density at radius 2 is 1.93 bits per heavy atom. The molecule has 0 atom stereocenters. The Bertz CT molecular complexity index is 1230. The first-order chi connectivity index (χ1) is 13.6. The number of aromatic nitrogens is 3. The number of aryl methyl sites for hydroxylation is 1. The van der Waals surface area contributed by atoms with Gasteiger partial charge in [0.05, 0.1) is 23.1 Å². The Hall–Kier alpha value is -3.52. The Kier molecular flexibility index (Phi) is 4.62. The van der Waals surface area contributed by atoms with E-state index in [0.29, 0.717) is 37.9 Å². The molecular formula is C20H16N4O3S. The molecule has 1 aromatic carbocycles. The number of aromatic amines is 1. The maximum absolute atomic E-state index is 12.8. The average Bonchev–Trinajstić information content (AvgIpc) is 3.06. The molecule has 2 N–H and O–H groups in total. The number of para-hydroxylation sites is 2. The molecule has 3 aromatic heterocycles. The number of hydrogen-bond donors (Lipinski definition) is 2. The number of methoxy groups -OCH3 is 1. The van der Waals surface area contributed by atoms with E-state index in [2.05, 4.69) is 20.3 Å². The van der Waals surface area contributed by atoms with Gasteiger partial charge < -0.3 is 15.0 Å². The lowest BCUT2D eigenvalue weighted by Gasteiger charge is -2.09. The number of hydrogen-bond acceptors (Lipinski definition) is 6. The summed E-state index contributed by atoms with van der Waals surface area (Å²) in [5.41, 5.74) is 1.63. The minimum absolute atomic E-state index is 0.276. The van der Waals surface area contributed by atoms with E-state index >= 15 is 0 Å². The van der Waals surface area contributed by atoms with Crippen molar-refractivity contribution in [1.29, 1.82) is 0 Å². The molecule has 1 amide bonds. The summed E-state index contributed by atoms with van der Waals surface area (Å²) in [5.74, 6) is 0.693. The number of carbonyl (C=O) groups is 1. The molecule has 0 saturated carbocycles. The van der Waals surface area contributed by atoms with Crippen molar-refractivity contribution in [2.75, 3.05) is 12.4 Å². The van der Waals surface area contributed by atoms with Crippen LogP contribution >= 0.6 is 11.3 Å².